The van der Waals surface area contributed by atoms with E-state index < -0.39 is 0 Å². The van der Waals surface area contributed by atoms with Gasteiger partial charge in [-0.15, -0.1) is 0 Å². The molecule has 0 N–H and O–H groups in total. The molecule has 0 bridgehead atoms. The molecule has 0 unspecified atom stereocenters. The van der Waals surface area contributed by atoms with Crippen molar-refractivity contribution in [1.29, 1.82) is 0 Å². The topological polar surface area (TPSA) is 3.24 Å². The summed E-state index contributed by atoms with van der Waals surface area (Å²) in [5.74, 6) is 0. The first-order chi connectivity index (χ1) is 11.2. The van der Waals surface area contributed by atoms with Crippen molar-refractivity contribution >= 4 is 0 Å². The lowest BCUT2D eigenvalue weighted by Crippen LogP contribution is -2.52. The first-order valence-electron chi connectivity index (χ1n) is 11.0. The summed E-state index contributed by atoms with van der Waals surface area (Å²) in [6.45, 7) is 17.6. The molecule has 0 aliphatic carbocycles. The first kappa shape index (κ1) is 24.0. The van der Waals surface area contributed by atoms with Crippen LogP contribution in [0.3, 0.4) is 0 Å². The average Bonchev–Trinajstić information content (AvgIpc) is 2.45. The van der Waals surface area contributed by atoms with Crippen LogP contribution in [0.25, 0.3) is 0 Å². The fourth-order valence-electron chi connectivity index (χ4n) is 3.96. The molecule has 0 rings (SSSR count). The molecule has 0 saturated heterocycles. The Bertz CT molecular complexity index is 255. The number of unbranched alkanes of at least 4 members (excludes halogenated alkanes) is 12. The maximum absolute atomic E-state index is 2.67. The monoisotopic (exact) mass is 339 g/mol. The van der Waals surface area contributed by atoms with Gasteiger partial charge in [0.2, 0.25) is 0 Å². The molecule has 0 saturated carbocycles. The molecule has 1 nitrogen and oxygen atoms in total. The fourth-order valence-corrected chi connectivity index (χ4v) is 3.96. The average molecular weight is 340 g/mol. The van der Waals surface area contributed by atoms with Crippen LogP contribution in [0.1, 0.15) is 132 Å². The minimum atomic E-state index is 0.273. The Labute approximate surface area is 155 Å². The molecule has 0 aromatic rings. The molecule has 0 heterocycles. The van der Waals surface area contributed by atoms with E-state index in [-0.39, 0.29) is 11.1 Å². The van der Waals surface area contributed by atoms with E-state index in [0.29, 0.717) is 0 Å². The second kappa shape index (κ2) is 13.2. The zero-order valence-corrected chi connectivity index (χ0v) is 18.3. The van der Waals surface area contributed by atoms with Crippen molar-refractivity contribution in [2.24, 2.45) is 0 Å². The van der Waals surface area contributed by atoms with Crippen LogP contribution in [0.5, 0.6) is 0 Å². The Kier molecular flexibility index (Phi) is 13.2. The van der Waals surface area contributed by atoms with Crippen LogP contribution in [0, 0.1) is 0 Å². The van der Waals surface area contributed by atoms with Crippen LogP contribution in [0.15, 0.2) is 0 Å². The number of nitrogens with zero attached hydrogens (tertiary/aromatic N) is 1. The molecule has 0 aromatic heterocycles. The standard InChI is InChI=1S/C23H49N/c1-8-9-10-11-12-13-14-15-16-17-18-19-20-21-24(22(2,3)4)23(5,6)7/h8-21H2,1-7H3. The van der Waals surface area contributed by atoms with Gasteiger partial charge >= 0.3 is 0 Å². The summed E-state index contributed by atoms with van der Waals surface area (Å²) in [4.78, 5) is 2.67. The van der Waals surface area contributed by atoms with Gasteiger partial charge in [-0.3, -0.25) is 4.90 Å². The predicted molar refractivity (Wildman–Crippen MR) is 112 cm³/mol. The van der Waals surface area contributed by atoms with Gasteiger partial charge in [0.25, 0.3) is 0 Å². The fraction of sp³-hybridized carbons (Fsp3) is 1.00. The van der Waals surface area contributed by atoms with E-state index >= 15 is 0 Å². The largest absolute Gasteiger partial charge is 0.294 e. The third-order valence-electron chi connectivity index (χ3n) is 5.10. The lowest BCUT2D eigenvalue weighted by atomic mass is 9.95. The first-order valence-corrected chi connectivity index (χ1v) is 11.0. The zero-order chi connectivity index (χ0) is 18.5. The number of rotatable bonds is 14. The Morgan fingerprint density at radius 2 is 0.750 bits per heavy atom. The van der Waals surface area contributed by atoms with E-state index in [2.05, 4.69) is 53.4 Å². The van der Waals surface area contributed by atoms with Crippen LogP contribution in [0.2, 0.25) is 0 Å². The molecule has 0 aliphatic rings. The third kappa shape index (κ3) is 13.3. The smallest absolute Gasteiger partial charge is 0.0130 e. The van der Waals surface area contributed by atoms with Gasteiger partial charge in [0.15, 0.2) is 0 Å². The molecular formula is C23H49N. The highest BCUT2D eigenvalue weighted by Gasteiger charge is 2.30. The van der Waals surface area contributed by atoms with E-state index in [9.17, 15) is 0 Å². The van der Waals surface area contributed by atoms with Gasteiger partial charge in [-0.2, -0.15) is 0 Å². The van der Waals surface area contributed by atoms with Crippen LogP contribution in [-0.4, -0.2) is 22.5 Å². The van der Waals surface area contributed by atoms with Gasteiger partial charge in [0.1, 0.15) is 0 Å². The van der Waals surface area contributed by atoms with Gasteiger partial charge in [-0.25, -0.2) is 0 Å². The van der Waals surface area contributed by atoms with Gasteiger partial charge in [-0.1, -0.05) is 84.0 Å². The second-order valence-corrected chi connectivity index (χ2v) is 9.74. The Morgan fingerprint density at radius 3 is 1.04 bits per heavy atom. The number of hydrogen-bond acceptors (Lipinski definition) is 1. The second-order valence-electron chi connectivity index (χ2n) is 9.74. The van der Waals surface area contributed by atoms with Crippen molar-refractivity contribution in [1.82, 2.24) is 4.90 Å². The Balaban J connectivity index is 3.50. The lowest BCUT2D eigenvalue weighted by Gasteiger charge is -2.45. The molecule has 0 aliphatic heterocycles. The van der Waals surface area contributed by atoms with Crippen molar-refractivity contribution < 1.29 is 0 Å². The molecule has 0 amide bonds. The summed E-state index contributed by atoms with van der Waals surface area (Å²) in [6, 6.07) is 0. The van der Waals surface area contributed by atoms with E-state index in [1.165, 1.54) is 90.0 Å². The molecule has 0 aromatic carbocycles. The van der Waals surface area contributed by atoms with Crippen molar-refractivity contribution in [2.45, 2.75) is 143 Å². The molecule has 1 heteroatoms. The van der Waals surface area contributed by atoms with Crippen molar-refractivity contribution in [3.63, 3.8) is 0 Å². The number of hydrogen-bond donors (Lipinski definition) is 0. The highest BCUT2D eigenvalue weighted by molar-refractivity contribution is 4.86. The quantitative estimate of drug-likeness (QED) is 0.290. The van der Waals surface area contributed by atoms with E-state index in [0.717, 1.165) is 0 Å². The summed E-state index contributed by atoms with van der Waals surface area (Å²) in [5, 5.41) is 0. The van der Waals surface area contributed by atoms with Crippen LogP contribution < -0.4 is 0 Å². The summed E-state index contributed by atoms with van der Waals surface area (Å²) < 4.78 is 0. The Hall–Kier alpha value is -0.0400. The Morgan fingerprint density at radius 1 is 0.458 bits per heavy atom. The van der Waals surface area contributed by atoms with Gasteiger partial charge in [0, 0.05) is 11.1 Å². The minimum absolute atomic E-state index is 0.273. The molecule has 0 spiro atoms. The highest BCUT2D eigenvalue weighted by atomic mass is 15.2. The SMILES string of the molecule is CCCCCCCCCCCCCCCN(C(C)(C)C)C(C)(C)C. The molecule has 0 atom stereocenters. The van der Waals surface area contributed by atoms with Crippen molar-refractivity contribution in [3.05, 3.63) is 0 Å². The van der Waals surface area contributed by atoms with E-state index in [4.69, 9.17) is 0 Å². The highest BCUT2D eigenvalue weighted by Crippen LogP contribution is 2.25. The maximum atomic E-state index is 2.67. The zero-order valence-electron chi connectivity index (χ0n) is 18.3. The normalized spacial score (nSPS) is 13.0. The molecule has 24 heavy (non-hydrogen) atoms. The third-order valence-corrected chi connectivity index (χ3v) is 5.10. The minimum Gasteiger partial charge on any atom is -0.294 e. The van der Waals surface area contributed by atoms with Crippen molar-refractivity contribution in [2.75, 3.05) is 6.54 Å². The summed E-state index contributed by atoms with van der Waals surface area (Å²) >= 11 is 0. The van der Waals surface area contributed by atoms with E-state index in [1.807, 2.05) is 0 Å². The molecule has 146 valence electrons. The lowest BCUT2D eigenvalue weighted by molar-refractivity contribution is 0.0367. The van der Waals surface area contributed by atoms with E-state index in [1.54, 1.807) is 0 Å². The molecular weight excluding hydrogens is 290 g/mol. The van der Waals surface area contributed by atoms with Crippen LogP contribution >= 0.6 is 0 Å². The van der Waals surface area contributed by atoms with Gasteiger partial charge in [0.05, 0.1) is 0 Å². The summed E-state index contributed by atoms with van der Waals surface area (Å²) in [5.41, 5.74) is 0.546. The predicted octanol–water partition coefficient (Wildman–Crippen LogP) is 7.98. The van der Waals surface area contributed by atoms with Crippen molar-refractivity contribution in [3.8, 4) is 0 Å². The maximum Gasteiger partial charge on any atom is 0.0130 e. The molecule has 0 fully saturated rings. The molecule has 0 radical (unpaired) electrons. The summed E-state index contributed by atoms with van der Waals surface area (Å²) in [6.07, 6.45) is 18.7. The van der Waals surface area contributed by atoms with Gasteiger partial charge < -0.3 is 0 Å². The summed E-state index contributed by atoms with van der Waals surface area (Å²) in [7, 11) is 0. The van der Waals surface area contributed by atoms with Crippen LogP contribution in [0.4, 0.5) is 0 Å². The van der Waals surface area contributed by atoms with Gasteiger partial charge in [-0.05, 0) is 54.5 Å². The van der Waals surface area contributed by atoms with Crippen LogP contribution in [-0.2, 0) is 0 Å².